The summed E-state index contributed by atoms with van der Waals surface area (Å²) in [5.74, 6) is -1.36. The average molecular weight is 492 g/mol. The van der Waals surface area contributed by atoms with Crippen LogP contribution in [-0.2, 0) is 9.59 Å². The van der Waals surface area contributed by atoms with E-state index in [-0.39, 0.29) is 17.9 Å². The van der Waals surface area contributed by atoms with Crippen LogP contribution in [0.2, 0.25) is 0 Å². The number of amides is 1. The smallest absolute Gasteiger partial charge is 0.305 e. The summed E-state index contributed by atoms with van der Waals surface area (Å²) < 4.78 is 1.41. The van der Waals surface area contributed by atoms with E-state index in [0.29, 0.717) is 12.0 Å². The largest absolute Gasteiger partial charge is 0.481 e. The first-order valence-corrected chi connectivity index (χ1v) is 12.1. The molecule has 7 heteroatoms. The summed E-state index contributed by atoms with van der Waals surface area (Å²) in [6.07, 6.45) is 3.48. The lowest BCUT2D eigenvalue weighted by Gasteiger charge is -2.25. The summed E-state index contributed by atoms with van der Waals surface area (Å²) in [5.41, 5.74) is 4.51. The average Bonchev–Trinajstić information content (AvgIpc) is 2.80. The lowest BCUT2D eigenvalue weighted by molar-refractivity contribution is -0.137. The molecule has 2 atom stereocenters. The van der Waals surface area contributed by atoms with Gasteiger partial charge in [-0.25, -0.2) is 0 Å². The second-order valence-corrected chi connectivity index (χ2v) is 9.51. The van der Waals surface area contributed by atoms with Crippen molar-refractivity contribution in [3.8, 4) is 0 Å². The maximum atomic E-state index is 13.5. The first-order chi connectivity index (χ1) is 16.9. The van der Waals surface area contributed by atoms with Gasteiger partial charge in [0.2, 0.25) is 5.91 Å². The fourth-order valence-electron chi connectivity index (χ4n) is 4.02. The number of carbonyl (C=O) groups is 2. The Morgan fingerprint density at radius 1 is 1.19 bits per heavy atom. The number of aromatic nitrogens is 1. The summed E-state index contributed by atoms with van der Waals surface area (Å²) in [7, 11) is 1.69. The molecule has 1 aromatic carbocycles. The van der Waals surface area contributed by atoms with E-state index in [1.165, 1.54) is 10.6 Å². The quantitative estimate of drug-likeness (QED) is 0.350. The summed E-state index contributed by atoms with van der Waals surface area (Å²) in [4.78, 5) is 42.2. The number of allylic oxidation sites excluding steroid dienone is 1. The van der Waals surface area contributed by atoms with Crippen molar-refractivity contribution >= 4 is 23.2 Å². The Balaban J connectivity index is 2.47. The summed E-state index contributed by atoms with van der Waals surface area (Å²) in [6.45, 7) is 13.7. The SMILES string of the molecule is C=C(/C=C(\C(C)=NC)c1ccccc1C)[C@@H](CC(=O)O)NC(=O)C(CC(C)C)n1ccc(C)cc1=O. The van der Waals surface area contributed by atoms with Crippen molar-refractivity contribution in [2.24, 2.45) is 10.9 Å². The Kier molecular flexibility index (Phi) is 10.1. The Labute approximate surface area is 213 Å². The number of carboxylic acid groups (broad SMARTS) is 1. The summed E-state index contributed by atoms with van der Waals surface area (Å²) in [5, 5.41) is 12.4. The molecule has 2 aromatic rings. The number of hydrogen-bond donors (Lipinski definition) is 2. The Hall–Kier alpha value is -3.74. The Morgan fingerprint density at radius 3 is 2.42 bits per heavy atom. The standard InChI is InChI=1S/C29H37N3O4/c1-18(2)14-26(32-13-12-19(3)15-27(32)33)29(36)31-25(17-28(34)35)21(5)16-24(22(6)30-7)23-11-9-8-10-20(23)4/h8-13,15-16,18,25-26H,5,14,17H2,1-4,6-7H3,(H,31,36)(H,34,35)/b24-16+,30-22?/t25-,26?/m1/s1. The van der Waals surface area contributed by atoms with Crippen LogP contribution < -0.4 is 10.9 Å². The number of aryl methyl sites for hydroxylation is 2. The minimum atomic E-state index is -1.07. The molecule has 2 N–H and O–H groups in total. The molecule has 0 saturated heterocycles. The highest BCUT2D eigenvalue weighted by Crippen LogP contribution is 2.24. The van der Waals surface area contributed by atoms with Gasteiger partial charge in [-0.05, 0) is 67.5 Å². The Morgan fingerprint density at radius 2 is 1.86 bits per heavy atom. The predicted octanol–water partition coefficient (Wildman–Crippen LogP) is 4.74. The van der Waals surface area contributed by atoms with Crippen LogP contribution in [0.25, 0.3) is 5.57 Å². The number of hydrogen-bond acceptors (Lipinski definition) is 4. The molecule has 0 aliphatic rings. The maximum Gasteiger partial charge on any atom is 0.305 e. The number of nitrogens with one attached hydrogen (secondary N) is 1. The van der Waals surface area contributed by atoms with E-state index in [2.05, 4.69) is 16.9 Å². The first-order valence-electron chi connectivity index (χ1n) is 12.1. The van der Waals surface area contributed by atoms with E-state index in [4.69, 9.17) is 0 Å². The molecule has 1 amide bonds. The minimum Gasteiger partial charge on any atom is -0.481 e. The molecule has 1 heterocycles. The van der Waals surface area contributed by atoms with Crippen LogP contribution in [0.5, 0.6) is 0 Å². The molecule has 0 saturated carbocycles. The van der Waals surface area contributed by atoms with Gasteiger partial charge >= 0.3 is 5.97 Å². The van der Waals surface area contributed by atoms with Crippen LogP contribution in [0.3, 0.4) is 0 Å². The Bertz CT molecular complexity index is 1240. The number of carboxylic acids is 1. The topological polar surface area (TPSA) is 101 Å². The zero-order chi connectivity index (χ0) is 27.0. The zero-order valence-corrected chi connectivity index (χ0v) is 22.0. The molecule has 0 aliphatic carbocycles. The number of rotatable bonds is 11. The van der Waals surface area contributed by atoms with Crippen molar-refractivity contribution in [3.63, 3.8) is 0 Å². The van der Waals surface area contributed by atoms with Crippen LogP contribution in [0.4, 0.5) is 0 Å². The van der Waals surface area contributed by atoms with Crippen LogP contribution >= 0.6 is 0 Å². The number of pyridine rings is 1. The van der Waals surface area contributed by atoms with Gasteiger partial charge in [0.05, 0.1) is 12.5 Å². The highest BCUT2D eigenvalue weighted by Gasteiger charge is 2.27. The normalized spacial score (nSPS) is 13.9. The van der Waals surface area contributed by atoms with Crippen molar-refractivity contribution in [1.82, 2.24) is 9.88 Å². The molecule has 7 nitrogen and oxygen atoms in total. The van der Waals surface area contributed by atoms with Gasteiger partial charge in [-0.2, -0.15) is 0 Å². The van der Waals surface area contributed by atoms with Crippen molar-refractivity contribution in [2.75, 3.05) is 7.05 Å². The zero-order valence-electron chi connectivity index (χ0n) is 22.0. The van der Waals surface area contributed by atoms with Crippen molar-refractivity contribution in [1.29, 1.82) is 0 Å². The van der Waals surface area contributed by atoms with E-state index in [1.807, 2.05) is 58.9 Å². The van der Waals surface area contributed by atoms with Gasteiger partial charge in [0, 0.05) is 30.6 Å². The van der Waals surface area contributed by atoms with Crippen LogP contribution in [0, 0.1) is 19.8 Å². The van der Waals surface area contributed by atoms with Gasteiger partial charge in [0.1, 0.15) is 6.04 Å². The molecule has 0 aliphatic heterocycles. The lowest BCUT2D eigenvalue weighted by Crippen LogP contribution is -2.44. The highest BCUT2D eigenvalue weighted by molar-refractivity contribution is 6.23. The fourth-order valence-corrected chi connectivity index (χ4v) is 4.02. The predicted molar refractivity (Wildman–Crippen MR) is 145 cm³/mol. The van der Waals surface area contributed by atoms with Crippen LogP contribution in [0.15, 0.2) is 70.6 Å². The molecule has 0 radical (unpaired) electrons. The molecule has 2 rings (SSSR count). The minimum absolute atomic E-state index is 0.131. The molecular formula is C29H37N3O4. The molecule has 1 unspecified atom stereocenters. The monoisotopic (exact) mass is 491 g/mol. The van der Waals surface area contributed by atoms with E-state index in [0.717, 1.165) is 28.0 Å². The van der Waals surface area contributed by atoms with E-state index < -0.39 is 24.0 Å². The van der Waals surface area contributed by atoms with E-state index >= 15 is 0 Å². The number of nitrogens with zero attached hydrogens (tertiary/aromatic N) is 2. The number of aliphatic imine (C=N–C) groups is 1. The molecule has 0 bridgehead atoms. The molecule has 0 spiro atoms. The highest BCUT2D eigenvalue weighted by atomic mass is 16.4. The lowest BCUT2D eigenvalue weighted by atomic mass is 9.93. The maximum absolute atomic E-state index is 13.5. The number of carbonyl (C=O) groups excluding carboxylic acids is 1. The van der Waals surface area contributed by atoms with Gasteiger partial charge < -0.3 is 15.0 Å². The van der Waals surface area contributed by atoms with Gasteiger partial charge in [0.15, 0.2) is 0 Å². The number of benzene rings is 1. The van der Waals surface area contributed by atoms with Crippen molar-refractivity contribution in [3.05, 3.63) is 87.9 Å². The van der Waals surface area contributed by atoms with Crippen molar-refractivity contribution in [2.45, 2.75) is 59.5 Å². The first kappa shape index (κ1) is 28.5. The second-order valence-electron chi connectivity index (χ2n) is 9.51. The van der Waals surface area contributed by atoms with Crippen LogP contribution in [0.1, 0.15) is 56.3 Å². The number of aliphatic carboxylic acids is 1. The van der Waals surface area contributed by atoms with Crippen molar-refractivity contribution < 1.29 is 14.7 Å². The summed E-state index contributed by atoms with van der Waals surface area (Å²) >= 11 is 0. The van der Waals surface area contributed by atoms with Crippen LogP contribution in [-0.4, -0.2) is 40.4 Å². The fraction of sp³-hybridized carbons (Fsp3) is 0.379. The molecule has 1 aromatic heterocycles. The third-order valence-corrected chi connectivity index (χ3v) is 6.07. The molecule has 0 fully saturated rings. The van der Waals surface area contributed by atoms with Gasteiger partial charge in [-0.3, -0.25) is 19.4 Å². The molecule has 192 valence electrons. The van der Waals surface area contributed by atoms with Gasteiger partial charge in [-0.15, -0.1) is 0 Å². The van der Waals surface area contributed by atoms with E-state index in [9.17, 15) is 19.5 Å². The third-order valence-electron chi connectivity index (χ3n) is 6.07. The molecular weight excluding hydrogens is 454 g/mol. The van der Waals surface area contributed by atoms with Gasteiger partial charge in [-0.1, -0.05) is 44.7 Å². The second kappa shape index (κ2) is 12.8. The van der Waals surface area contributed by atoms with Gasteiger partial charge in [0.25, 0.3) is 5.56 Å². The van der Waals surface area contributed by atoms with E-state index in [1.54, 1.807) is 25.4 Å². The third kappa shape index (κ3) is 7.63. The summed E-state index contributed by atoms with van der Waals surface area (Å²) in [6, 6.07) is 9.44. The molecule has 36 heavy (non-hydrogen) atoms.